The molecule has 1 amide bonds. The van der Waals surface area contributed by atoms with Gasteiger partial charge >= 0.3 is 0 Å². The zero-order valence-electron chi connectivity index (χ0n) is 15.7. The molecule has 144 valence electrons. The number of hydrogen-bond donors (Lipinski definition) is 2. The Morgan fingerprint density at radius 1 is 1.07 bits per heavy atom. The molecule has 27 heavy (non-hydrogen) atoms. The summed E-state index contributed by atoms with van der Waals surface area (Å²) in [4.78, 5) is 14.8. The molecule has 2 unspecified atom stereocenters. The zero-order valence-corrected chi connectivity index (χ0v) is 16.5. The smallest absolute Gasteiger partial charge is 0.243 e. The third-order valence-corrected chi connectivity index (χ3v) is 4.82. The van der Waals surface area contributed by atoms with Crippen LogP contribution >= 0.6 is 11.6 Å². The monoisotopic (exact) mass is 387 g/mol. The van der Waals surface area contributed by atoms with Crippen molar-refractivity contribution in [3.8, 4) is 0 Å². The zero-order chi connectivity index (χ0) is 19.2. The highest BCUT2D eigenvalue weighted by atomic mass is 35.5. The molecule has 1 aliphatic rings. The Morgan fingerprint density at radius 2 is 1.70 bits per heavy atom. The summed E-state index contributed by atoms with van der Waals surface area (Å²) in [6.45, 7) is 6.91. The van der Waals surface area contributed by atoms with Gasteiger partial charge in [0.15, 0.2) is 0 Å². The molecule has 2 atom stereocenters. The third kappa shape index (κ3) is 5.70. The highest BCUT2D eigenvalue weighted by molar-refractivity contribution is 6.33. The largest absolute Gasteiger partial charge is 0.375 e. The number of carbonyl (C=O) groups is 1. The van der Waals surface area contributed by atoms with E-state index < -0.39 is 0 Å². The molecule has 1 saturated heterocycles. The van der Waals surface area contributed by atoms with Crippen LogP contribution in [0.3, 0.4) is 0 Å². The van der Waals surface area contributed by atoms with E-state index in [-0.39, 0.29) is 24.7 Å². The summed E-state index contributed by atoms with van der Waals surface area (Å²) >= 11 is 6.12. The van der Waals surface area contributed by atoms with Gasteiger partial charge in [-0.15, -0.1) is 0 Å². The van der Waals surface area contributed by atoms with E-state index in [1.807, 2.05) is 36.4 Å². The Hall–Kier alpha value is -2.08. The molecule has 2 aromatic carbocycles. The van der Waals surface area contributed by atoms with Gasteiger partial charge < -0.3 is 15.4 Å². The average molecular weight is 388 g/mol. The normalized spacial score (nSPS) is 20.3. The van der Waals surface area contributed by atoms with Gasteiger partial charge in [0.1, 0.15) is 0 Å². The first-order chi connectivity index (χ1) is 13.0. The van der Waals surface area contributed by atoms with E-state index in [1.54, 1.807) is 6.07 Å². The molecule has 1 heterocycles. The van der Waals surface area contributed by atoms with Gasteiger partial charge in [-0.2, -0.15) is 0 Å². The first-order valence-corrected chi connectivity index (χ1v) is 9.63. The van der Waals surface area contributed by atoms with E-state index in [2.05, 4.69) is 35.4 Å². The molecular formula is C21H26ClN3O2. The average Bonchev–Trinajstić information content (AvgIpc) is 2.62. The van der Waals surface area contributed by atoms with Gasteiger partial charge in [-0.1, -0.05) is 41.9 Å². The fourth-order valence-electron chi connectivity index (χ4n) is 3.41. The molecule has 0 bridgehead atoms. The van der Waals surface area contributed by atoms with Crippen molar-refractivity contribution in [2.75, 3.05) is 30.3 Å². The van der Waals surface area contributed by atoms with Crippen LogP contribution in [0.4, 0.5) is 11.4 Å². The summed E-state index contributed by atoms with van der Waals surface area (Å²) in [5.74, 6) is -0.105. The molecule has 0 spiro atoms. The molecule has 0 radical (unpaired) electrons. The van der Waals surface area contributed by atoms with Crippen LogP contribution < -0.4 is 10.6 Å². The number of hydrogen-bond acceptors (Lipinski definition) is 4. The highest BCUT2D eigenvalue weighted by Gasteiger charge is 2.22. The van der Waals surface area contributed by atoms with Gasteiger partial charge in [0.2, 0.25) is 5.91 Å². The van der Waals surface area contributed by atoms with Crippen molar-refractivity contribution in [2.24, 2.45) is 0 Å². The lowest BCUT2D eigenvalue weighted by Gasteiger charge is -2.35. The predicted molar refractivity (Wildman–Crippen MR) is 110 cm³/mol. The number of morpholine rings is 1. The number of para-hydroxylation sites is 2. The van der Waals surface area contributed by atoms with Crippen molar-refractivity contribution in [1.29, 1.82) is 0 Å². The second-order valence-electron chi connectivity index (χ2n) is 6.99. The predicted octanol–water partition coefficient (Wildman–Crippen LogP) is 4.00. The Bertz CT molecular complexity index is 774. The van der Waals surface area contributed by atoms with Crippen molar-refractivity contribution in [3.05, 3.63) is 59.1 Å². The number of amides is 1. The number of nitrogens with zero attached hydrogens (tertiary/aromatic N) is 1. The minimum absolute atomic E-state index is 0.105. The van der Waals surface area contributed by atoms with Gasteiger partial charge in [0.05, 0.1) is 29.5 Å². The summed E-state index contributed by atoms with van der Waals surface area (Å²) in [6.07, 6.45) is 0.436. The molecule has 0 saturated carbocycles. The third-order valence-electron chi connectivity index (χ3n) is 4.49. The van der Waals surface area contributed by atoms with Gasteiger partial charge in [-0.25, -0.2) is 0 Å². The van der Waals surface area contributed by atoms with E-state index >= 15 is 0 Å². The summed E-state index contributed by atoms with van der Waals surface area (Å²) in [6, 6.07) is 15.3. The maximum atomic E-state index is 12.4. The van der Waals surface area contributed by atoms with Crippen LogP contribution in [-0.4, -0.2) is 42.6 Å². The van der Waals surface area contributed by atoms with Crippen LogP contribution in [0.2, 0.25) is 5.02 Å². The van der Waals surface area contributed by atoms with Crippen molar-refractivity contribution in [3.63, 3.8) is 0 Å². The van der Waals surface area contributed by atoms with Crippen molar-refractivity contribution in [1.82, 2.24) is 4.90 Å². The van der Waals surface area contributed by atoms with E-state index in [0.717, 1.165) is 36.6 Å². The molecule has 5 nitrogen and oxygen atoms in total. The second-order valence-corrected chi connectivity index (χ2v) is 7.40. The van der Waals surface area contributed by atoms with E-state index in [4.69, 9.17) is 16.3 Å². The number of anilines is 2. The maximum absolute atomic E-state index is 12.4. The number of benzene rings is 2. The maximum Gasteiger partial charge on any atom is 0.243 e. The molecule has 0 aromatic heterocycles. The number of nitrogens with one attached hydrogen (secondary N) is 2. The molecule has 6 heteroatoms. The number of ether oxygens (including phenoxy) is 1. The van der Waals surface area contributed by atoms with Crippen molar-refractivity contribution in [2.45, 2.75) is 32.6 Å². The fraction of sp³-hybridized carbons (Fsp3) is 0.381. The minimum Gasteiger partial charge on any atom is -0.375 e. The molecule has 1 aliphatic heterocycles. The SMILES string of the molecule is CC1CN(Cc2ccccc2NC(=O)CNc2ccccc2Cl)CC(C)O1. The Balaban J connectivity index is 1.60. The lowest BCUT2D eigenvalue weighted by molar-refractivity contribution is -0.114. The second kappa shape index (κ2) is 9.22. The van der Waals surface area contributed by atoms with Gasteiger partial charge in [0, 0.05) is 25.3 Å². The van der Waals surface area contributed by atoms with Crippen LogP contribution in [0.5, 0.6) is 0 Å². The summed E-state index contributed by atoms with van der Waals surface area (Å²) < 4.78 is 5.80. The van der Waals surface area contributed by atoms with Crippen LogP contribution in [0.25, 0.3) is 0 Å². The van der Waals surface area contributed by atoms with Gasteiger partial charge in [-0.05, 0) is 37.6 Å². The van der Waals surface area contributed by atoms with Crippen LogP contribution in [0.1, 0.15) is 19.4 Å². The van der Waals surface area contributed by atoms with Gasteiger partial charge in [-0.3, -0.25) is 9.69 Å². The number of rotatable bonds is 6. The van der Waals surface area contributed by atoms with E-state index in [9.17, 15) is 4.79 Å². The molecule has 0 aliphatic carbocycles. The Morgan fingerprint density at radius 3 is 2.41 bits per heavy atom. The molecule has 3 rings (SSSR count). The Labute approximate surface area is 165 Å². The summed E-state index contributed by atoms with van der Waals surface area (Å²) in [7, 11) is 0. The fourth-order valence-corrected chi connectivity index (χ4v) is 3.61. The van der Waals surface area contributed by atoms with Crippen LogP contribution in [0.15, 0.2) is 48.5 Å². The van der Waals surface area contributed by atoms with Gasteiger partial charge in [0.25, 0.3) is 0 Å². The standard InChI is InChI=1S/C21H26ClN3O2/c1-15-12-25(13-16(2)27-15)14-17-7-3-5-9-19(17)24-21(26)11-23-20-10-6-4-8-18(20)22/h3-10,15-16,23H,11-14H2,1-2H3,(H,24,26). The quantitative estimate of drug-likeness (QED) is 0.786. The van der Waals surface area contributed by atoms with E-state index in [0.29, 0.717) is 5.02 Å². The number of carbonyl (C=O) groups excluding carboxylic acids is 1. The first kappa shape index (κ1) is 19.7. The molecular weight excluding hydrogens is 362 g/mol. The lowest BCUT2D eigenvalue weighted by atomic mass is 10.1. The van der Waals surface area contributed by atoms with Crippen LogP contribution in [-0.2, 0) is 16.1 Å². The van der Waals surface area contributed by atoms with Crippen molar-refractivity contribution < 1.29 is 9.53 Å². The topological polar surface area (TPSA) is 53.6 Å². The van der Waals surface area contributed by atoms with Crippen LogP contribution in [0, 0.1) is 0 Å². The minimum atomic E-state index is -0.105. The number of halogens is 1. The molecule has 1 fully saturated rings. The first-order valence-electron chi connectivity index (χ1n) is 9.25. The highest BCUT2D eigenvalue weighted by Crippen LogP contribution is 2.22. The van der Waals surface area contributed by atoms with E-state index in [1.165, 1.54) is 0 Å². The lowest BCUT2D eigenvalue weighted by Crippen LogP contribution is -2.44. The van der Waals surface area contributed by atoms with Crippen molar-refractivity contribution >= 4 is 28.9 Å². The Kier molecular flexibility index (Phi) is 6.72. The summed E-state index contributed by atoms with van der Waals surface area (Å²) in [5.41, 5.74) is 2.69. The summed E-state index contributed by atoms with van der Waals surface area (Å²) in [5, 5.41) is 6.68. The molecule has 2 aromatic rings. The molecule has 2 N–H and O–H groups in total.